The fourth-order valence-electron chi connectivity index (χ4n) is 2.94. The summed E-state index contributed by atoms with van der Waals surface area (Å²) < 4.78 is 0. The van der Waals surface area contributed by atoms with E-state index in [1.54, 1.807) is 0 Å². The lowest BCUT2D eigenvalue weighted by Crippen LogP contribution is -2.36. The minimum Gasteiger partial charge on any atom is -0.480 e. The van der Waals surface area contributed by atoms with Crippen molar-refractivity contribution >= 4 is 22.7 Å². The van der Waals surface area contributed by atoms with Gasteiger partial charge in [0.05, 0.1) is 5.52 Å². The molecule has 0 aliphatic carbocycles. The van der Waals surface area contributed by atoms with E-state index in [1.807, 2.05) is 17.9 Å². The number of aryl methyl sites for hydroxylation is 2. The van der Waals surface area contributed by atoms with Crippen LogP contribution in [0.3, 0.4) is 0 Å². The zero-order chi connectivity index (χ0) is 14.3. The lowest BCUT2D eigenvalue weighted by atomic mass is 10.1. The molecule has 2 aromatic rings. The van der Waals surface area contributed by atoms with Crippen molar-refractivity contribution in [2.24, 2.45) is 0 Å². The molecule has 0 saturated carbocycles. The first-order chi connectivity index (χ1) is 9.56. The molecule has 1 fully saturated rings. The Morgan fingerprint density at radius 1 is 1.35 bits per heavy atom. The normalized spacial score (nSPS) is 18.7. The molecular weight excluding hydrogens is 252 g/mol. The van der Waals surface area contributed by atoms with Crippen molar-refractivity contribution in [3.63, 3.8) is 0 Å². The Balaban J connectivity index is 2.10. The SMILES string of the molecule is Cc1ccc2c(C)cc(N3CCCC3C(=O)O)nc2c1. The highest BCUT2D eigenvalue weighted by Crippen LogP contribution is 2.28. The van der Waals surface area contributed by atoms with Crippen LogP contribution in [0.2, 0.25) is 0 Å². The second-order valence-electron chi connectivity index (χ2n) is 5.51. The van der Waals surface area contributed by atoms with Crippen molar-refractivity contribution in [1.82, 2.24) is 4.98 Å². The van der Waals surface area contributed by atoms with E-state index in [1.165, 1.54) is 0 Å². The molecule has 1 atom stereocenters. The number of carboxylic acid groups (broad SMARTS) is 1. The van der Waals surface area contributed by atoms with Crippen molar-refractivity contribution in [2.45, 2.75) is 32.7 Å². The van der Waals surface area contributed by atoms with Crippen LogP contribution in [0.1, 0.15) is 24.0 Å². The molecule has 2 heterocycles. The fraction of sp³-hybridized carbons (Fsp3) is 0.375. The predicted octanol–water partition coefficient (Wildman–Crippen LogP) is 2.91. The van der Waals surface area contributed by atoms with Crippen molar-refractivity contribution in [3.8, 4) is 0 Å². The van der Waals surface area contributed by atoms with Crippen molar-refractivity contribution < 1.29 is 9.90 Å². The van der Waals surface area contributed by atoms with Crippen molar-refractivity contribution in [1.29, 1.82) is 0 Å². The third-order valence-electron chi connectivity index (χ3n) is 3.99. The van der Waals surface area contributed by atoms with Crippen LogP contribution in [0.25, 0.3) is 10.9 Å². The molecule has 0 bridgehead atoms. The molecule has 1 aromatic heterocycles. The molecule has 20 heavy (non-hydrogen) atoms. The van der Waals surface area contributed by atoms with Gasteiger partial charge in [-0.3, -0.25) is 0 Å². The Morgan fingerprint density at radius 2 is 2.15 bits per heavy atom. The van der Waals surface area contributed by atoms with Gasteiger partial charge in [-0.15, -0.1) is 0 Å². The number of nitrogens with zero attached hydrogens (tertiary/aromatic N) is 2. The molecule has 1 aliphatic rings. The lowest BCUT2D eigenvalue weighted by molar-refractivity contribution is -0.138. The highest BCUT2D eigenvalue weighted by Gasteiger charge is 2.31. The van der Waals surface area contributed by atoms with Gasteiger partial charge in [-0.1, -0.05) is 12.1 Å². The highest BCUT2D eigenvalue weighted by molar-refractivity contribution is 5.86. The average molecular weight is 270 g/mol. The lowest BCUT2D eigenvalue weighted by Gasteiger charge is -2.23. The standard InChI is InChI=1S/C16H18N2O2/c1-10-5-6-12-11(2)9-15(17-13(12)8-10)18-7-3-4-14(18)16(19)20/h5-6,8-9,14H,3-4,7H2,1-2H3,(H,19,20). The van der Waals surface area contributed by atoms with Gasteiger partial charge in [0.2, 0.25) is 0 Å². The predicted molar refractivity (Wildman–Crippen MR) is 79.2 cm³/mol. The molecule has 4 heteroatoms. The van der Waals surface area contributed by atoms with E-state index in [4.69, 9.17) is 0 Å². The molecule has 0 amide bonds. The maximum atomic E-state index is 11.3. The smallest absolute Gasteiger partial charge is 0.326 e. The second kappa shape index (κ2) is 4.78. The number of carbonyl (C=O) groups is 1. The van der Waals surface area contributed by atoms with E-state index < -0.39 is 12.0 Å². The first-order valence-corrected chi connectivity index (χ1v) is 6.94. The molecule has 4 nitrogen and oxygen atoms in total. The minimum atomic E-state index is -0.758. The van der Waals surface area contributed by atoms with Gasteiger partial charge < -0.3 is 10.0 Å². The summed E-state index contributed by atoms with van der Waals surface area (Å²) in [6.45, 7) is 4.86. The van der Waals surface area contributed by atoms with Gasteiger partial charge >= 0.3 is 5.97 Å². The summed E-state index contributed by atoms with van der Waals surface area (Å²) in [5, 5.41) is 10.4. The maximum absolute atomic E-state index is 11.3. The van der Waals surface area contributed by atoms with Crippen molar-refractivity contribution in [3.05, 3.63) is 35.4 Å². The van der Waals surface area contributed by atoms with E-state index in [-0.39, 0.29) is 0 Å². The number of rotatable bonds is 2. The van der Waals surface area contributed by atoms with Gasteiger partial charge in [0.25, 0.3) is 0 Å². The van der Waals surface area contributed by atoms with E-state index in [9.17, 15) is 9.90 Å². The number of fused-ring (bicyclic) bond motifs is 1. The van der Waals surface area contributed by atoms with Crippen LogP contribution in [-0.4, -0.2) is 28.6 Å². The van der Waals surface area contributed by atoms with E-state index in [0.29, 0.717) is 6.42 Å². The topological polar surface area (TPSA) is 53.4 Å². The van der Waals surface area contributed by atoms with E-state index in [2.05, 4.69) is 30.1 Å². The molecule has 1 N–H and O–H groups in total. The number of carboxylic acids is 1. The molecule has 1 saturated heterocycles. The Hall–Kier alpha value is -2.10. The second-order valence-corrected chi connectivity index (χ2v) is 5.51. The monoisotopic (exact) mass is 270 g/mol. The first kappa shape index (κ1) is 12.9. The molecule has 0 radical (unpaired) electrons. The molecule has 1 aromatic carbocycles. The number of benzene rings is 1. The number of hydrogen-bond acceptors (Lipinski definition) is 3. The first-order valence-electron chi connectivity index (χ1n) is 6.94. The summed E-state index contributed by atoms with van der Waals surface area (Å²) in [5.41, 5.74) is 3.25. The van der Waals surface area contributed by atoms with Crippen molar-refractivity contribution in [2.75, 3.05) is 11.4 Å². The number of aromatic nitrogens is 1. The number of aliphatic carboxylic acids is 1. The summed E-state index contributed by atoms with van der Waals surface area (Å²) in [5.74, 6) is 0.0248. The Morgan fingerprint density at radius 3 is 2.90 bits per heavy atom. The molecule has 0 spiro atoms. The summed E-state index contributed by atoms with van der Waals surface area (Å²) in [7, 11) is 0. The molecule has 104 valence electrons. The third-order valence-corrected chi connectivity index (χ3v) is 3.99. The van der Waals surface area contributed by atoms with Crippen LogP contribution in [0.4, 0.5) is 5.82 Å². The molecular formula is C16H18N2O2. The zero-order valence-electron chi connectivity index (χ0n) is 11.8. The van der Waals surface area contributed by atoms with Crippen LogP contribution < -0.4 is 4.90 Å². The molecule has 1 aliphatic heterocycles. The average Bonchev–Trinajstić information content (AvgIpc) is 2.87. The number of pyridine rings is 1. The van der Waals surface area contributed by atoms with Gasteiger partial charge in [0, 0.05) is 11.9 Å². The third kappa shape index (κ3) is 2.11. The summed E-state index contributed by atoms with van der Waals surface area (Å²) in [6.07, 6.45) is 1.60. The van der Waals surface area contributed by atoms with Crippen LogP contribution in [0, 0.1) is 13.8 Å². The molecule has 1 unspecified atom stereocenters. The van der Waals surface area contributed by atoms with Crippen LogP contribution in [0.5, 0.6) is 0 Å². The zero-order valence-corrected chi connectivity index (χ0v) is 11.8. The summed E-state index contributed by atoms with van der Waals surface area (Å²) in [6, 6.07) is 7.77. The Kier molecular flexibility index (Phi) is 3.08. The van der Waals surface area contributed by atoms with Crippen LogP contribution >= 0.6 is 0 Å². The maximum Gasteiger partial charge on any atom is 0.326 e. The summed E-state index contributed by atoms with van der Waals surface area (Å²) in [4.78, 5) is 17.9. The summed E-state index contributed by atoms with van der Waals surface area (Å²) >= 11 is 0. The van der Waals surface area contributed by atoms with E-state index in [0.717, 1.165) is 40.8 Å². The number of hydrogen-bond donors (Lipinski definition) is 1. The van der Waals surface area contributed by atoms with Crippen LogP contribution in [0.15, 0.2) is 24.3 Å². The highest BCUT2D eigenvalue weighted by atomic mass is 16.4. The largest absolute Gasteiger partial charge is 0.480 e. The van der Waals surface area contributed by atoms with Gasteiger partial charge in [-0.25, -0.2) is 9.78 Å². The number of anilines is 1. The van der Waals surface area contributed by atoms with Crippen LogP contribution in [-0.2, 0) is 4.79 Å². The van der Waals surface area contributed by atoms with Gasteiger partial charge in [0.15, 0.2) is 0 Å². The Bertz CT molecular complexity index is 681. The molecule has 3 rings (SSSR count). The Labute approximate surface area is 118 Å². The quantitative estimate of drug-likeness (QED) is 0.911. The van der Waals surface area contributed by atoms with Gasteiger partial charge in [0.1, 0.15) is 11.9 Å². The fourth-order valence-corrected chi connectivity index (χ4v) is 2.94. The van der Waals surface area contributed by atoms with Gasteiger partial charge in [-0.05, 0) is 49.9 Å². The van der Waals surface area contributed by atoms with Gasteiger partial charge in [-0.2, -0.15) is 0 Å². The van der Waals surface area contributed by atoms with E-state index >= 15 is 0 Å². The minimum absolute atomic E-state index is 0.441.